The number of carbonyl (C=O) groups excluding carboxylic acids is 1. The topological polar surface area (TPSA) is 98.3 Å². The van der Waals surface area contributed by atoms with Crippen LogP contribution in [0.1, 0.15) is 45.0 Å². The van der Waals surface area contributed by atoms with Gasteiger partial charge in [0, 0.05) is 16.6 Å². The molecule has 2 aromatic carbocycles. The number of aromatic amines is 1. The molecule has 2 atom stereocenters. The van der Waals surface area contributed by atoms with Crippen LogP contribution in [0.3, 0.4) is 0 Å². The van der Waals surface area contributed by atoms with E-state index in [2.05, 4.69) is 61.5 Å². The lowest BCUT2D eigenvalue weighted by molar-refractivity contribution is -0.135. The Morgan fingerprint density at radius 1 is 1.21 bits per heavy atom. The number of hydrogen-bond acceptors (Lipinski definition) is 3. The number of amides is 2. The number of aromatic nitrogens is 2. The van der Waals surface area contributed by atoms with Gasteiger partial charge in [-0.2, -0.15) is 0 Å². The molecule has 172 valence electrons. The van der Waals surface area contributed by atoms with E-state index in [4.69, 9.17) is 0 Å². The van der Waals surface area contributed by atoms with E-state index < -0.39 is 12.1 Å². The fourth-order valence-corrected chi connectivity index (χ4v) is 5.31. The van der Waals surface area contributed by atoms with E-state index in [1.54, 1.807) is 0 Å². The minimum absolute atomic E-state index is 0.144. The van der Waals surface area contributed by atoms with E-state index >= 15 is 0 Å². The minimum Gasteiger partial charge on any atom is -0.465 e. The molecule has 8 heteroatoms. The molecule has 1 spiro atoms. The van der Waals surface area contributed by atoms with E-state index in [1.165, 1.54) is 0 Å². The second-order valence-corrected chi connectivity index (χ2v) is 10.7. The van der Waals surface area contributed by atoms with Gasteiger partial charge in [0.1, 0.15) is 11.9 Å². The number of hydrogen-bond donors (Lipinski definition) is 3. The van der Waals surface area contributed by atoms with Gasteiger partial charge in [-0.3, -0.25) is 4.79 Å². The summed E-state index contributed by atoms with van der Waals surface area (Å²) in [5, 5.41) is 14.0. The van der Waals surface area contributed by atoms with Gasteiger partial charge in [-0.25, -0.2) is 9.78 Å². The standard InChI is InChI=1S/C25H27BrN4O3/c1-14(2)21(29-24(32)33)23(31)30-13-25(7-8-25)11-20(30)22-27-12-19(28-22)17-4-3-16-10-18(26)6-5-15(16)9-17/h3-6,9-10,12,14,20-21,29H,7-8,11,13H2,1-2H3,(H,27,28)(H,32,33)/t20-,21-/m0/s1. The van der Waals surface area contributed by atoms with Gasteiger partial charge in [-0.05, 0) is 59.6 Å². The first kappa shape index (κ1) is 21.9. The highest BCUT2D eigenvalue weighted by molar-refractivity contribution is 9.10. The van der Waals surface area contributed by atoms with Crippen LogP contribution in [0, 0.1) is 11.3 Å². The minimum atomic E-state index is -1.18. The predicted molar refractivity (Wildman–Crippen MR) is 130 cm³/mol. The Kier molecular flexibility index (Phi) is 5.43. The van der Waals surface area contributed by atoms with Crippen LogP contribution in [0.25, 0.3) is 22.0 Å². The van der Waals surface area contributed by atoms with Crippen LogP contribution in [0.15, 0.2) is 47.1 Å². The van der Waals surface area contributed by atoms with Crippen LogP contribution in [-0.2, 0) is 4.79 Å². The van der Waals surface area contributed by atoms with Gasteiger partial charge in [-0.15, -0.1) is 0 Å². The summed E-state index contributed by atoms with van der Waals surface area (Å²) in [5.41, 5.74) is 2.09. The molecule has 2 heterocycles. The summed E-state index contributed by atoms with van der Waals surface area (Å²) in [4.78, 5) is 34.7. The molecule has 1 aliphatic heterocycles. The number of nitrogens with zero attached hydrogens (tertiary/aromatic N) is 2. The Morgan fingerprint density at radius 2 is 1.94 bits per heavy atom. The number of nitrogens with one attached hydrogen (secondary N) is 2. The van der Waals surface area contributed by atoms with Gasteiger partial charge in [0.15, 0.2) is 0 Å². The summed E-state index contributed by atoms with van der Waals surface area (Å²) < 4.78 is 1.05. The number of likely N-dealkylation sites (tertiary alicyclic amines) is 1. The Hall–Kier alpha value is -2.87. The van der Waals surface area contributed by atoms with Crippen molar-refractivity contribution in [3.05, 3.63) is 52.9 Å². The Bertz CT molecular complexity index is 1230. The number of imidazole rings is 1. The van der Waals surface area contributed by atoms with Crippen molar-refractivity contribution >= 4 is 38.7 Å². The fourth-order valence-electron chi connectivity index (χ4n) is 4.93. The second-order valence-electron chi connectivity index (χ2n) is 9.75. The van der Waals surface area contributed by atoms with E-state index in [9.17, 15) is 14.7 Å². The number of carbonyl (C=O) groups is 2. The van der Waals surface area contributed by atoms with Crippen LogP contribution in [-0.4, -0.2) is 44.6 Å². The molecule has 3 N–H and O–H groups in total. The average Bonchev–Trinajstić information content (AvgIpc) is 3.18. The molecule has 33 heavy (non-hydrogen) atoms. The third-order valence-corrected chi connectivity index (χ3v) is 7.48. The zero-order valence-corrected chi connectivity index (χ0v) is 20.2. The van der Waals surface area contributed by atoms with Crippen molar-refractivity contribution in [3.8, 4) is 11.3 Å². The van der Waals surface area contributed by atoms with Gasteiger partial charge in [0.25, 0.3) is 0 Å². The molecule has 1 aliphatic carbocycles. The summed E-state index contributed by atoms with van der Waals surface area (Å²) >= 11 is 3.51. The lowest BCUT2D eigenvalue weighted by atomic mass is 10.0. The molecule has 3 aromatic rings. The third-order valence-electron chi connectivity index (χ3n) is 6.98. The average molecular weight is 511 g/mol. The van der Waals surface area contributed by atoms with Gasteiger partial charge in [0.2, 0.25) is 5.91 Å². The fraction of sp³-hybridized carbons (Fsp3) is 0.400. The Labute approximate surface area is 200 Å². The van der Waals surface area contributed by atoms with E-state index in [0.717, 1.165) is 51.6 Å². The molecular formula is C25H27BrN4O3. The maximum atomic E-state index is 13.4. The normalized spacial score (nSPS) is 19.9. The predicted octanol–water partition coefficient (Wildman–Crippen LogP) is 5.34. The quantitative estimate of drug-likeness (QED) is 0.431. The molecule has 1 saturated heterocycles. The van der Waals surface area contributed by atoms with Crippen molar-refractivity contribution in [2.75, 3.05) is 6.54 Å². The van der Waals surface area contributed by atoms with Gasteiger partial charge >= 0.3 is 6.09 Å². The first-order valence-electron chi connectivity index (χ1n) is 11.3. The van der Waals surface area contributed by atoms with E-state index in [-0.39, 0.29) is 23.3 Å². The number of fused-ring (bicyclic) bond motifs is 1. The summed E-state index contributed by atoms with van der Waals surface area (Å²) in [7, 11) is 0. The van der Waals surface area contributed by atoms with Crippen LogP contribution < -0.4 is 5.32 Å². The summed E-state index contributed by atoms with van der Waals surface area (Å²) in [6, 6.07) is 11.5. The molecule has 5 rings (SSSR count). The highest BCUT2D eigenvalue weighted by atomic mass is 79.9. The number of rotatable bonds is 5. The molecule has 0 bridgehead atoms. The lowest BCUT2D eigenvalue weighted by Gasteiger charge is -2.29. The zero-order valence-electron chi connectivity index (χ0n) is 18.6. The molecule has 2 fully saturated rings. The van der Waals surface area contributed by atoms with E-state index in [0.29, 0.717) is 6.54 Å². The third kappa shape index (κ3) is 4.24. The van der Waals surface area contributed by atoms with Gasteiger partial charge < -0.3 is 20.3 Å². The SMILES string of the molecule is CC(C)[C@H](NC(=O)O)C(=O)N1CC2(CC2)C[C@H]1c1ncc(-c2ccc3cc(Br)ccc3c2)[nH]1. The van der Waals surface area contributed by atoms with Crippen molar-refractivity contribution in [1.29, 1.82) is 0 Å². The van der Waals surface area contributed by atoms with Crippen LogP contribution in [0.2, 0.25) is 0 Å². The Morgan fingerprint density at radius 3 is 2.64 bits per heavy atom. The van der Waals surface area contributed by atoms with Crippen LogP contribution >= 0.6 is 15.9 Å². The smallest absolute Gasteiger partial charge is 0.405 e. The summed E-state index contributed by atoms with van der Waals surface area (Å²) in [6.07, 6.45) is 3.70. The first-order chi connectivity index (χ1) is 15.7. The molecule has 1 aromatic heterocycles. The molecule has 1 saturated carbocycles. The van der Waals surface area contributed by atoms with Crippen molar-refractivity contribution in [3.63, 3.8) is 0 Å². The summed E-state index contributed by atoms with van der Waals surface area (Å²) in [6.45, 7) is 4.38. The monoisotopic (exact) mass is 510 g/mol. The number of H-pyrrole nitrogens is 1. The molecule has 0 unspecified atom stereocenters. The maximum absolute atomic E-state index is 13.4. The second kappa shape index (κ2) is 8.17. The molecule has 2 amide bonds. The van der Waals surface area contributed by atoms with Crippen molar-refractivity contribution in [1.82, 2.24) is 20.2 Å². The van der Waals surface area contributed by atoms with Gasteiger partial charge in [0.05, 0.1) is 17.9 Å². The number of benzene rings is 2. The number of carboxylic acid groups (broad SMARTS) is 1. The molecular weight excluding hydrogens is 484 g/mol. The Balaban J connectivity index is 1.44. The zero-order chi connectivity index (χ0) is 23.3. The highest BCUT2D eigenvalue weighted by Gasteiger charge is 2.55. The molecule has 0 radical (unpaired) electrons. The van der Waals surface area contributed by atoms with Crippen molar-refractivity contribution < 1.29 is 14.7 Å². The van der Waals surface area contributed by atoms with Crippen molar-refractivity contribution in [2.24, 2.45) is 11.3 Å². The maximum Gasteiger partial charge on any atom is 0.405 e. The first-order valence-corrected chi connectivity index (χ1v) is 12.1. The van der Waals surface area contributed by atoms with Crippen LogP contribution in [0.4, 0.5) is 4.79 Å². The van der Waals surface area contributed by atoms with Crippen molar-refractivity contribution in [2.45, 2.75) is 45.2 Å². The molecule has 7 nitrogen and oxygen atoms in total. The van der Waals surface area contributed by atoms with E-state index in [1.807, 2.05) is 31.0 Å². The van der Waals surface area contributed by atoms with Gasteiger partial charge in [-0.1, -0.05) is 48.0 Å². The van der Waals surface area contributed by atoms with Crippen LogP contribution in [0.5, 0.6) is 0 Å². The number of halogens is 1. The largest absolute Gasteiger partial charge is 0.465 e. The molecule has 2 aliphatic rings. The highest BCUT2D eigenvalue weighted by Crippen LogP contribution is 2.58. The lowest BCUT2D eigenvalue weighted by Crippen LogP contribution is -2.51. The summed E-state index contributed by atoms with van der Waals surface area (Å²) in [5.74, 6) is 0.445.